The number of allylic oxidation sites excluding steroid dienone is 1. The van der Waals surface area contributed by atoms with Crippen LogP contribution in [0.25, 0.3) is 6.08 Å². The van der Waals surface area contributed by atoms with Gasteiger partial charge in [-0.3, -0.25) is 0 Å². The summed E-state index contributed by atoms with van der Waals surface area (Å²) < 4.78 is 6.19. The van der Waals surface area contributed by atoms with Crippen molar-refractivity contribution in [3.8, 4) is 11.5 Å². The Morgan fingerprint density at radius 2 is 1.60 bits per heavy atom. The molecule has 5 aliphatic carbocycles. The summed E-state index contributed by atoms with van der Waals surface area (Å²) >= 11 is 0. The summed E-state index contributed by atoms with van der Waals surface area (Å²) in [7, 11) is 0. The van der Waals surface area contributed by atoms with E-state index in [9.17, 15) is 15.0 Å². The smallest absolute Gasteiger partial charge is 0.331 e. The molecular formula is C39H56O4. The second-order valence-corrected chi connectivity index (χ2v) is 17.2. The maximum absolute atomic E-state index is 13.0. The Morgan fingerprint density at radius 1 is 0.860 bits per heavy atom. The van der Waals surface area contributed by atoms with Crippen LogP contribution < -0.4 is 0 Å². The average Bonchev–Trinajstić information content (AvgIpc) is 3.29. The zero-order valence-corrected chi connectivity index (χ0v) is 27.8. The zero-order valence-electron chi connectivity index (χ0n) is 27.8. The van der Waals surface area contributed by atoms with E-state index in [2.05, 4.69) is 55.0 Å². The van der Waals surface area contributed by atoms with Gasteiger partial charge in [0.2, 0.25) is 0 Å². The first-order chi connectivity index (χ1) is 20.1. The number of carbonyl (C=O) groups is 1. The maximum Gasteiger partial charge on any atom is 0.331 e. The Bertz CT molecular complexity index is 1330. The van der Waals surface area contributed by atoms with Crippen molar-refractivity contribution in [2.75, 3.05) is 0 Å². The van der Waals surface area contributed by atoms with Crippen LogP contribution in [0.15, 0.2) is 36.4 Å². The fraction of sp³-hybridized carbons (Fsp3) is 0.718. The number of rotatable bonds is 4. The Hall–Kier alpha value is -2.23. The lowest BCUT2D eigenvalue weighted by Crippen LogP contribution is -2.66. The minimum atomic E-state index is -0.336. The maximum atomic E-state index is 13.0. The second-order valence-electron chi connectivity index (χ2n) is 17.2. The predicted molar refractivity (Wildman–Crippen MR) is 173 cm³/mol. The molecule has 5 saturated carbocycles. The largest absolute Gasteiger partial charge is 0.504 e. The first kappa shape index (κ1) is 30.8. The summed E-state index contributed by atoms with van der Waals surface area (Å²) in [5.41, 5.74) is 3.40. The monoisotopic (exact) mass is 588 g/mol. The molecule has 1 aromatic rings. The minimum absolute atomic E-state index is 0.103. The number of benzene rings is 1. The van der Waals surface area contributed by atoms with Gasteiger partial charge in [0.15, 0.2) is 11.5 Å². The van der Waals surface area contributed by atoms with Crippen LogP contribution in [0.4, 0.5) is 0 Å². The van der Waals surface area contributed by atoms with E-state index in [0.29, 0.717) is 39.6 Å². The van der Waals surface area contributed by atoms with Crippen molar-refractivity contribution in [2.24, 2.45) is 56.7 Å². The third kappa shape index (κ3) is 4.46. The third-order valence-electron chi connectivity index (χ3n) is 15.1. The van der Waals surface area contributed by atoms with Gasteiger partial charge in [-0.2, -0.15) is 0 Å². The van der Waals surface area contributed by atoms with Crippen molar-refractivity contribution in [2.45, 2.75) is 119 Å². The molecule has 2 N–H and O–H groups in total. The molecule has 0 radical (unpaired) electrons. The number of hydrogen-bond acceptors (Lipinski definition) is 4. The van der Waals surface area contributed by atoms with Crippen LogP contribution in [0.3, 0.4) is 0 Å². The second kappa shape index (κ2) is 10.1. The molecular weight excluding hydrogens is 532 g/mol. The molecule has 5 aliphatic rings. The SMILES string of the molecule is C=C(C)[C@@H]1CC[C@]2(C)CC[C@]3(C)[C@H](CC[C@@H]4[C@@]5(C)CC[C@H](OC(=O)/C=C\c6ccc(O)c(O)c6)C(C)(C)[C@@H]5CC[C@]43C)C12. The number of ether oxygens (including phenoxy) is 1. The summed E-state index contributed by atoms with van der Waals surface area (Å²) in [6.07, 6.45) is 15.6. The summed E-state index contributed by atoms with van der Waals surface area (Å²) in [5.74, 6) is 2.79. The van der Waals surface area contributed by atoms with Crippen LogP contribution in [-0.4, -0.2) is 22.3 Å². The van der Waals surface area contributed by atoms with Crippen molar-refractivity contribution in [1.29, 1.82) is 0 Å². The Kier molecular flexibility index (Phi) is 7.26. The van der Waals surface area contributed by atoms with Gasteiger partial charge in [0, 0.05) is 11.5 Å². The predicted octanol–water partition coefficient (Wildman–Crippen LogP) is 9.70. The molecule has 0 saturated heterocycles. The molecule has 0 amide bonds. The topological polar surface area (TPSA) is 66.8 Å². The number of hydrogen-bond donors (Lipinski definition) is 2. The van der Waals surface area contributed by atoms with Gasteiger partial charge < -0.3 is 14.9 Å². The summed E-state index contributed by atoms with van der Waals surface area (Å²) in [4.78, 5) is 13.0. The van der Waals surface area contributed by atoms with Gasteiger partial charge in [-0.05, 0) is 146 Å². The van der Waals surface area contributed by atoms with Gasteiger partial charge in [0.1, 0.15) is 6.10 Å². The Labute approximate surface area is 260 Å². The normalized spacial score (nSPS) is 45.0. The van der Waals surface area contributed by atoms with Crippen molar-refractivity contribution >= 4 is 12.0 Å². The van der Waals surface area contributed by atoms with Gasteiger partial charge in [0.05, 0.1) is 0 Å². The number of fused-ring (bicyclic) bond motifs is 7. The van der Waals surface area contributed by atoms with E-state index >= 15 is 0 Å². The fourth-order valence-corrected chi connectivity index (χ4v) is 12.7. The van der Waals surface area contributed by atoms with E-state index in [1.165, 1.54) is 75.1 Å². The molecule has 236 valence electrons. The highest BCUT2D eigenvalue weighted by Gasteiger charge is 2.70. The van der Waals surface area contributed by atoms with E-state index in [1.807, 2.05) is 0 Å². The molecule has 0 spiro atoms. The van der Waals surface area contributed by atoms with E-state index in [1.54, 1.807) is 12.1 Å². The molecule has 0 aromatic heterocycles. The van der Waals surface area contributed by atoms with Crippen molar-refractivity contribution < 1.29 is 19.7 Å². The van der Waals surface area contributed by atoms with Gasteiger partial charge >= 0.3 is 5.97 Å². The Morgan fingerprint density at radius 3 is 2.30 bits per heavy atom. The van der Waals surface area contributed by atoms with Crippen LogP contribution in [0.1, 0.15) is 118 Å². The van der Waals surface area contributed by atoms with Crippen LogP contribution in [-0.2, 0) is 9.53 Å². The molecule has 0 heterocycles. The van der Waals surface area contributed by atoms with Gasteiger partial charge in [-0.25, -0.2) is 4.79 Å². The van der Waals surface area contributed by atoms with Crippen LogP contribution in [0.2, 0.25) is 0 Å². The highest BCUT2D eigenvalue weighted by Crippen LogP contribution is 2.77. The lowest BCUT2D eigenvalue weighted by molar-refractivity contribution is -0.248. The Balaban J connectivity index is 1.22. The van der Waals surface area contributed by atoms with Crippen LogP contribution >= 0.6 is 0 Å². The van der Waals surface area contributed by atoms with Crippen LogP contribution in [0, 0.1) is 56.7 Å². The molecule has 1 unspecified atom stereocenters. The molecule has 10 atom stereocenters. The average molecular weight is 589 g/mol. The van der Waals surface area contributed by atoms with Crippen LogP contribution in [0.5, 0.6) is 11.5 Å². The molecule has 0 aliphatic heterocycles. The zero-order chi connectivity index (χ0) is 31.2. The molecule has 0 bridgehead atoms. The van der Waals surface area contributed by atoms with Crippen molar-refractivity contribution in [3.05, 3.63) is 42.0 Å². The van der Waals surface area contributed by atoms with Crippen molar-refractivity contribution in [3.63, 3.8) is 0 Å². The first-order valence-corrected chi connectivity index (χ1v) is 17.1. The molecule has 43 heavy (non-hydrogen) atoms. The van der Waals surface area contributed by atoms with Gasteiger partial charge in [-0.15, -0.1) is 0 Å². The lowest BCUT2D eigenvalue weighted by atomic mass is 9.32. The van der Waals surface area contributed by atoms with Crippen molar-refractivity contribution in [1.82, 2.24) is 0 Å². The number of esters is 1. The first-order valence-electron chi connectivity index (χ1n) is 17.1. The minimum Gasteiger partial charge on any atom is -0.504 e. The number of phenols is 2. The number of carbonyl (C=O) groups excluding carboxylic acids is 1. The quantitative estimate of drug-likeness (QED) is 0.159. The third-order valence-corrected chi connectivity index (χ3v) is 15.1. The van der Waals surface area contributed by atoms with E-state index < -0.39 is 0 Å². The highest BCUT2D eigenvalue weighted by molar-refractivity contribution is 5.87. The van der Waals surface area contributed by atoms with E-state index in [-0.39, 0.29) is 34.4 Å². The summed E-state index contributed by atoms with van der Waals surface area (Å²) in [6, 6.07) is 4.54. The van der Waals surface area contributed by atoms with E-state index in [0.717, 1.165) is 24.7 Å². The van der Waals surface area contributed by atoms with Gasteiger partial charge in [-0.1, -0.05) is 59.8 Å². The highest BCUT2D eigenvalue weighted by atomic mass is 16.5. The molecule has 1 aromatic carbocycles. The van der Waals surface area contributed by atoms with E-state index in [4.69, 9.17) is 4.74 Å². The molecule has 5 fully saturated rings. The summed E-state index contributed by atoms with van der Waals surface area (Å²) in [5, 5.41) is 19.4. The lowest BCUT2D eigenvalue weighted by Gasteiger charge is -2.73. The number of aromatic hydroxyl groups is 2. The molecule has 4 heteroatoms. The van der Waals surface area contributed by atoms with Gasteiger partial charge in [0.25, 0.3) is 0 Å². The standard InChI is InChI=1S/C39H56O4/c1-24(2)26-15-18-36(5)21-22-38(7)27(34(26)36)11-13-31-37(6)19-17-32(35(3,4)30(37)16-20-39(31,38)8)43-33(42)14-10-25-9-12-28(40)29(41)23-25/h9-10,12,14,23,26-27,30-32,34,40-41H,1,11,13,15-22H2,2-8H3/b14-10-/t26-,27+,30-,31+,32-,34?,36+,37-,38+,39+/m0/s1. The molecule has 6 rings (SSSR count). The number of phenolic OH excluding ortho intramolecular Hbond substituents is 2. The molecule has 4 nitrogen and oxygen atoms in total. The summed E-state index contributed by atoms with van der Waals surface area (Å²) in [6.45, 7) is 22.1. The fourth-order valence-electron chi connectivity index (χ4n) is 12.7.